The SMILES string of the molecule is CC(=O)c1c(C)cc2c(N)cccn12. The molecule has 2 aromatic heterocycles. The zero-order valence-corrected chi connectivity index (χ0v) is 8.24. The summed E-state index contributed by atoms with van der Waals surface area (Å²) >= 11 is 0. The number of nitrogen functional groups attached to an aromatic ring is 1. The molecule has 2 aromatic rings. The van der Waals surface area contributed by atoms with E-state index in [1.807, 2.05) is 35.7 Å². The first-order valence-corrected chi connectivity index (χ1v) is 4.48. The van der Waals surface area contributed by atoms with Gasteiger partial charge in [0.2, 0.25) is 0 Å². The van der Waals surface area contributed by atoms with E-state index in [1.165, 1.54) is 0 Å². The Hall–Kier alpha value is -1.77. The third kappa shape index (κ3) is 1.09. The van der Waals surface area contributed by atoms with Gasteiger partial charge in [-0.15, -0.1) is 0 Å². The Morgan fingerprint density at radius 3 is 2.86 bits per heavy atom. The minimum absolute atomic E-state index is 0.0631. The van der Waals surface area contributed by atoms with Crippen molar-refractivity contribution in [2.75, 3.05) is 5.73 Å². The van der Waals surface area contributed by atoms with Crippen molar-refractivity contribution >= 4 is 17.0 Å². The average Bonchev–Trinajstić information content (AvgIpc) is 2.42. The second-order valence-corrected chi connectivity index (χ2v) is 3.45. The Labute approximate surface area is 82.1 Å². The topological polar surface area (TPSA) is 47.5 Å². The summed E-state index contributed by atoms with van der Waals surface area (Å²) in [4.78, 5) is 11.4. The van der Waals surface area contributed by atoms with Crippen molar-refractivity contribution in [2.24, 2.45) is 0 Å². The first-order valence-electron chi connectivity index (χ1n) is 4.48. The van der Waals surface area contributed by atoms with Gasteiger partial charge in [-0.3, -0.25) is 4.79 Å². The van der Waals surface area contributed by atoms with E-state index in [0.29, 0.717) is 11.4 Å². The smallest absolute Gasteiger partial charge is 0.176 e. The molecule has 0 aliphatic heterocycles. The predicted molar refractivity (Wildman–Crippen MR) is 56.6 cm³/mol. The summed E-state index contributed by atoms with van der Waals surface area (Å²) in [6.07, 6.45) is 1.86. The van der Waals surface area contributed by atoms with Gasteiger partial charge >= 0.3 is 0 Å². The normalized spacial score (nSPS) is 10.7. The standard InChI is InChI=1S/C11H12N2O/c1-7-6-10-9(12)4-3-5-13(10)11(7)8(2)14/h3-6H,12H2,1-2H3. The van der Waals surface area contributed by atoms with Gasteiger partial charge in [0.15, 0.2) is 5.78 Å². The molecule has 0 aromatic carbocycles. The highest BCUT2D eigenvalue weighted by atomic mass is 16.1. The molecule has 72 valence electrons. The van der Waals surface area contributed by atoms with E-state index < -0.39 is 0 Å². The van der Waals surface area contributed by atoms with Gasteiger partial charge in [-0.25, -0.2) is 0 Å². The Bertz CT molecular complexity index is 511. The molecule has 14 heavy (non-hydrogen) atoms. The third-order valence-corrected chi connectivity index (χ3v) is 2.37. The van der Waals surface area contributed by atoms with Gasteiger partial charge in [-0.2, -0.15) is 0 Å². The number of Topliss-reactive ketones (excluding diaryl/α,β-unsaturated/α-hetero) is 1. The van der Waals surface area contributed by atoms with E-state index in [4.69, 9.17) is 5.73 Å². The fourth-order valence-electron chi connectivity index (χ4n) is 1.80. The highest BCUT2D eigenvalue weighted by Gasteiger charge is 2.11. The van der Waals surface area contributed by atoms with Crippen molar-refractivity contribution in [1.29, 1.82) is 0 Å². The second-order valence-electron chi connectivity index (χ2n) is 3.45. The molecule has 0 atom stereocenters. The average molecular weight is 188 g/mol. The fourth-order valence-corrected chi connectivity index (χ4v) is 1.80. The van der Waals surface area contributed by atoms with Crippen LogP contribution < -0.4 is 5.73 Å². The minimum Gasteiger partial charge on any atom is -0.397 e. The molecule has 0 amide bonds. The number of aromatic nitrogens is 1. The lowest BCUT2D eigenvalue weighted by Crippen LogP contribution is -2.01. The van der Waals surface area contributed by atoms with Gasteiger partial charge < -0.3 is 10.1 Å². The number of rotatable bonds is 1. The van der Waals surface area contributed by atoms with Crippen LogP contribution in [0.25, 0.3) is 5.52 Å². The van der Waals surface area contributed by atoms with E-state index in [-0.39, 0.29) is 5.78 Å². The molecule has 0 saturated carbocycles. The number of nitrogens with two attached hydrogens (primary N) is 1. The van der Waals surface area contributed by atoms with Gasteiger partial charge in [-0.05, 0) is 30.7 Å². The van der Waals surface area contributed by atoms with Crippen molar-refractivity contribution in [1.82, 2.24) is 4.40 Å². The number of carbonyl (C=O) groups excluding carboxylic acids is 1. The molecule has 3 heteroatoms. The summed E-state index contributed by atoms with van der Waals surface area (Å²) in [6.45, 7) is 3.49. The van der Waals surface area contributed by atoms with Crippen LogP contribution in [0.3, 0.4) is 0 Å². The van der Waals surface area contributed by atoms with Crippen LogP contribution in [0.4, 0.5) is 5.69 Å². The zero-order chi connectivity index (χ0) is 10.3. The van der Waals surface area contributed by atoms with Crippen LogP contribution in [0.15, 0.2) is 24.4 Å². The predicted octanol–water partition coefficient (Wildman–Crippen LogP) is 2.03. The largest absolute Gasteiger partial charge is 0.397 e. The maximum Gasteiger partial charge on any atom is 0.176 e. The molecule has 0 bridgehead atoms. The highest BCUT2D eigenvalue weighted by molar-refractivity contribution is 5.96. The van der Waals surface area contributed by atoms with Crippen molar-refractivity contribution in [2.45, 2.75) is 13.8 Å². The van der Waals surface area contributed by atoms with E-state index in [0.717, 1.165) is 11.1 Å². The lowest BCUT2D eigenvalue weighted by molar-refractivity contribution is 0.101. The van der Waals surface area contributed by atoms with Crippen LogP contribution in [0, 0.1) is 6.92 Å². The van der Waals surface area contributed by atoms with Crippen molar-refractivity contribution in [3.05, 3.63) is 35.7 Å². The van der Waals surface area contributed by atoms with Crippen molar-refractivity contribution in [3.63, 3.8) is 0 Å². The number of ketones is 1. The molecule has 0 unspecified atom stereocenters. The van der Waals surface area contributed by atoms with Crippen LogP contribution >= 0.6 is 0 Å². The maximum atomic E-state index is 11.4. The van der Waals surface area contributed by atoms with Crippen molar-refractivity contribution < 1.29 is 4.79 Å². The van der Waals surface area contributed by atoms with Gasteiger partial charge in [0.05, 0.1) is 16.9 Å². The van der Waals surface area contributed by atoms with E-state index in [2.05, 4.69) is 0 Å². The van der Waals surface area contributed by atoms with Crippen LogP contribution in [0.5, 0.6) is 0 Å². The summed E-state index contributed by atoms with van der Waals surface area (Å²) in [5, 5.41) is 0. The van der Waals surface area contributed by atoms with Crippen molar-refractivity contribution in [3.8, 4) is 0 Å². The molecule has 2 heterocycles. The zero-order valence-electron chi connectivity index (χ0n) is 8.24. The summed E-state index contributed by atoms with van der Waals surface area (Å²) < 4.78 is 1.84. The highest BCUT2D eigenvalue weighted by Crippen LogP contribution is 2.21. The number of aryl methyl sites for hydroxylation is 1. The van der Waals surface area contributed by atoms with Crippen LogP contribution in [-0.2, 0) is 0 Å². The Morgan fingerprint density at radius 2 is 2.21 bits per heavy atom. The molecular weight excluding hydrogens is 176 g/mol. The van der Waals surface area contributed by atoms with Gasteiger partial charge in [0.25, 0.3) is 0 Å². The monoisotopic (exact) mass is 188 g/mol. The molecular formula is C11H12N2O. The summed E-state index contributed by atoms with van der Waals surface area (Å²) in [7, 11) is 0. The van der Waals surface area contributed by atoms with Gasteiger partial charge in [0, 0.05) is 13.1 Å². The van der Waals surface area contributed by atoms with E-state index in [9.17, 15) is 4.79 Å². The first-order chi connectivity index (χ1) is 6.61. The summed E-state index contributed by atoms with van der Waals surface area (Å²) in [6, 6.07) is 5.61. The molecule has 2 N–H and O–H groups in total. The number of pyridine rings is 1. The van der Waals surface area contributed by atoms with E-state index in [1.54, 1.807) is 6.92 Å². The minimum atomic E-state index is 0.0631. The van der Waals surface area contributed by atoms with Crippen LogP contribution in [-0.4, -0.2) is 10.2 Å². The fraction of sp³-hybridized carbons (Fsp3) is 0.182. The maximum absolute atomic E-state index is 11.4. The quantitative estimate of drug-likeness (QED) is 0.696. The lowest BCUT2D eigenvalue weighted by atomic mass is 10.2. The van der Waals surface area contributed by atoms with E-state index >= 15 is 0 Å². The Balaban J connectivity index is 2.90. The second kappa shape index (κ2) is 2.87. The lowest BCUT2D eigenvalue weighted by Gasteiger charge is -2.01. The molecule has 0 radical (unpaired) electrons. The molecule has 0 aliphatic carbocycles. The molecule has 3 nitrogen and oxygen atoms in total. The molecule has 0 aliphatic rings. The molecule has 2 rings (SSSR count). The summed E-state index contributed by atoms with van der Waals surface area (Å²) in [5.41, 5.74) is 9.09. The molecule has 0 fully saturated rings. The molecule has 0 spiro atoms. The number of hydrogen-bond donors (Lipinski definition) is 1. The Morgan fingerprint density at radius 1 is 1.50 bits per heavy atom. The third-order valence-electron chi connectivity index (χ3n) is 2.37. The van der Waals surface area contributed by atoms with Gasteiger partial charge in [-0.1, -0.05) is 0 Å². The number of anilines is 1. The number of carbonyl (C=O) groups is 1. The number of fused-ring (bicyclic) bond motifs is 1. The molecule has 0 saturated heterocycles. The Kier molecular flexibility index (Phi) is 1.81. The first kappa shape index (κ1) is 8.81. The van der Waals surface area contributed by atoms with Crippen LogP contribution in [0.2, 0.25) is 0 Å². The van der Waals surface area contributed by atoms with Crippen LogP contribution in [0.1, 0.15) is 23.0 Å². The summed E-state index contributed by atoms with van der Waals surface area (Å²) in [5.74, 6) is 0.0631. The number of nitrogens with zero attached hydrogens (tertiary/aromatic N) is 1. The van der Waals surface area contributed by atoms with Gasteiger partial charge in [0.1, 0.15) is 0 Å². The number of hydrogen-bond acceptors (Lipinski definition) is 2.